The van der Waals surface area contributed by atoms with Gasteiger partial charge in [0.2, 0.25) is 10.0 Å². The molecule has 0 aliphatic rings. The first-order valence-electron chi connectivity index (χ1n) is 7.09. The topological polar surface area (TPSA) is 116 Å². The van der Waals surface area contributed by atoms with Crippen LogP contribution in [-0.2, 0) is 10.0 Å². The average molecular weight is 386 g/mol. The lowest BCUT2D eigenvalue weighted by atomic mass is 10.2. The van der Waals surface area contributed by atoms with Crippen molar-refractivity contribution in [3.63, 3.8) is 0 Å². The van der Waals surface area contributed by atoms with Crippen molar-refractivity contribution >= 4 is 33.0 Å². The fourth-order valence-electron chi connectivity index (χ4n) is 2.14. The number of nitro groups is 1. The van der Waals surface area contributed by atoms with Crippen molar-refractivity contribution in [3.05, 3.63) is 57.6 Å². The van der Waals surface area contributed by atoms with E-state index in [-0.39, 0.29) is 22.9 Å². The van der Waals surface area contributed by atoms with Gasteiger partial charge in [-0.25, -0.2) is 13.6 Å². The molecule has 0 saturated heterocycles. The Morgan fingerprint density at radius 1 is 1.28 bits per heavy atom. The molecule has 0 bridgehead atoms. The lowest BCUT2D eigenvalue weighted by molar-refractivity contribution is -0.385. The van der Waals surface area contributed by atoms with Gasteiger partial charge < -0.3 is 9.64 Å². The van der Waals surface area contributed by atoms with Crippen LogP contribution in [0, 0.1) is 10.1 Å². The summed E-state index contributed by atoms with van der Waals surface area (Å²) < 4.78 is 29.0. The maximum atomic E-state index is 11.7. The minimum Gasteiger partial charge on any atom is -0.492 e. The van der Waals surface area contributed by atoms with Crippen LogP contribution in [0.5, 0.6) is 5.75 Å². The minimum atomic E-state index is -4.12. The van der Waals surface area contributed by atoms with E-state index < -0.39 is 14.9 Å². The van der Waals surface area contributed by atoms with Gasteiger partial charge in [-0.2, -0.15) is 0 Å². The fourth-order valence-corrected chi connectivity index (χ4v) is 3.12. The predicted octanol–water partition coefficient (Wildman–Crippen LogP) is 2.41. The van der Waals surface area contributed by atoms with Gasteiger partial charge in [0.05, 0.1) is 17.2 Å². The van der Waals surface area contributed by atoms with E-state index in [1.807, 2.05) is 0 Å². The van der Waals surface area contributed by atoms with Crippen molar-refractivity contribution in [2.75, 3.05) is 25.1 Å². The predicted molar refractivity (Wildman–Crippen MR) is 94.7 cm³/mol. The Balaban J connectivity index is 2.15. The molecule has 0 amide bonds. The monoisotopic (exact) mass is 385 g/mol. The van der Waals surface area contributed by atoms with Crippen molar-refractivity contribution in [2.24, 2.45) is 5.14 Å². The molecule has 0 aromatic heterocycles. The van der Waals surface area contributed by atoms with Crippen molar-refractivity contribution in [3.8, 4) is 5.75 Å². The summed E-state index contributed by atoms with van der Waals surface area (Å²) in [7, 11) is -2.49. The summed E-state index contributed by atoms with van der Waals surface area (Å²) in [5.41, 5.74) is -0.0980. The van der Waals surface area contributed by atoms with E-state index in [2.05, 4.69) is 0 Å². The highest BCUT2D eigenvalue weighted by Gasteiger charge is 2.21. The number of nitrogens with two attached hydrogens (primary N) is 1. The highest BCUT2D eigenvalue weighted by molar-refractivity contribution is 7.89. The smallest absolute Gasteiger partial charge is 0.270 e. The Kier molecular flexibility index (Phi) is 5.83. The van der Waals surface area contributed by atoms with Crippen LogP contribution >= 0.6 is 11.6 Å². The number of non-ortho nitro benzene ring substituents is 1. The van der Waals surface area contributed by atoms with Crippen LogP contribution in [-0.4, -0.2) is 33.5 Å². The molecule has 0 spiro atoms. The second kappa shape index (κ2) is 7.68. The van der Waals surface area contributed by atoms with Crippen LogP contribution in [0.2, 0.25) is 5.02 Å². The average Bonchev–Trinajstić information content (AvgIpc) is 2.53. The lowest BCUT2D eigenvalue weighted by Crippen LogP contribution is -2.26. The maximum absolute atomic E-state index is 11.7. The molecule has 0 aliphatic heterocycles. The van der Waals surface area contributed by atoms with Gasteiger partial charge in [-0.05, 0) is 24.3 Å². The zero-order valence-electron chi connectivity index (χ0n) is 13.3. The molecule has 0 atom stereocenters. The number of likely N-dealkylation sites (N-methyl/N-ethyl adjacent to an activating group) is 1. The van der Waals surface area contributed by atoms with Gasteiger partial charge in [-0.3, -0.25) is 10.1 Å². The number of hydrogen-bond donors (Lipinski definition) is 1. The number of primary sulfonamides is 1. The van der Waals surface area contributed by atoms with E-state index >= 15 is 0 Å². The van der Waals surface area contributed by atoms with Crippen LogP contribution in [0.3, 0.4) is 0 Å². The molecular weight excluding hydrogens is 370 g/mol. The number of anilines is 1. The van der Waals surface area contributed by atoms with Gasteiger partial charge in [-0.1, -0.05) is 17.7 Å². The normalized spacial score (nSPS) is 11.2. The first-order chi connectivity index (χ1) is 11.7. The van der Waals surface area contributed by atoms with Crippen LogP contribution in [0.25, 0.3) is 0 Å². The molecule has 25 heavy (non-hydrogen) atoms. The molecule has 8 nitrogen and oxygen atoms in total. The fraction of sp³-hybridized carbons (Fsp3) is 0.200. The number of nitro benzene ring substituents is 1. The molecule has 0 fully saturated rings. The summed E-state index contributed by atoms with van der Waals surface area (Å²) in [4.78, 5) is 11.4. The molecule has 0 heterocycles. The zero-order chi connectivity index (χ0) is 18.6. The molecule has 2 aromatic rings. The molecule has 2 N–H and O–H groups in total. The second-order valence-electron chi connectivity index (χ2n) is 5.18. The van der Waals surface area contributed by atoms with Crippen LogP contribution in [0.1, 0.15) is 0 Å². The molecule has 2 rings (SSSR count). The van der Waals surface area contributed by atoms with E-state index in [0.29, 0.717) is 17.3 Å². The first kappa shape index (κ1) is 19.0. The molecule has 0 saturated carbocycles. The Morgan fingerprint density at radius 2 is 2.00 bits per heavy atom. The Hall–Kier alpha value is -2.36. The summed E-state index contributed by atoms with van der Waals surface area (Å²) in [6.45, 7) is 0.574. The van der Waals surface area contributed by atoms with Crippen molar-refractivity contribution in [2.45, 2.75) is 4.90 Å². The standard InChI is InChI=1S/C15H16ClN3O5S/c1-18(7-8-24-13-4-2-3-11(16)9-13)14-6-5-12(19(20)21)10-15(14)25(17,22)23/h2-6,9-10H,7-8H2,1H3,(H2,17,22,23). The lowest BCUT2D eigenvalue weighted by Gasteiger charge is -2.21. The quantitative estimate of drug-likeness (QED) is 0.578. The molecular formula is C15H16ClN3O5S. The van der Waals surface area contributed by atoms with Crippen LogP contribution in [0.15, 0.2) is 47.4 Å². The number of rotatable bonds is 7. The molecule has 0 aliphatic carbocycles. The molecule has 0 unspecified atom stereocenters. The largest absolute Gasteiger partial charge is 0.492 e. The number of sulfonamides is 1. The van der Waals surface area contributed by atoms with E-state index in [9.17, 15) is 18.5 Å². The number of nitrogens with zero attached hydrogens (tertiary/aromatic N) is 2. The number of halogens is 1. The Labute approximate surface area is 150 Å². The number of benzene rings is 2. The van der Waals surface area contributed by atoms with Gasteiger partial charge in [0, 0.05) is 24.2 Å². The highest BCUT2D eigenvalue weighted by Crippen LogP contribution is 2.28. The van der Waals surface area contributed by atoms with E-state index in [1.165, 1.54) is 12.1 Å². The van der Waals surface area contributed by atoms with Crippen molar-refractivity contribution in [1.82, 2.24) is 0 Å². The van der Waals surface area contributed by atoms with Gasteiger partial charge in [-0.15, -0.1) is 0 Å². The Morgan fingerprint density at radius 3 is 2.60 bits per heavy atom. The van der Waals surface area contributed by atoms with E-state index in [0.717, 1.165) is 6.07 Å². The molecule has 10 heteroatoms. The summed E-state index contributed by atoms with van der Waals surface area (Å²) >= 11 is 5.87. The SMILES string of the molecule is CN(CCOc1cccc(Cl)c1)c1ccc([N+](=O)[O-])cc1S(N)(=O)=O. The number of ether oxygens (including phenoxy) is 1. The zero-order valence-corrected chi connectivity index (χ0v) is 14.8. The van der Waals surface area contributed by atoms with E-state index in [1.54, 1.807) is 36.2 Å². The summed E-state index contributed by atoms with van der Waals surface area (Å²) in [5, 5.41) is 16.6. The minimum absolute atomic E-state index is 0.248. The summed E-state index contributed by atoms with van der Waals surface area (Å²) in [5.74, 6) is 0.580. The second-order valence-corrected chi connectivity index (χ2v) is 7.15. The van der Waals surface area contributed by atoms with Gasteiger partial charge in [0.1, 0.15) is 17.3 Å². The van der Waals surface area contributed by atoms with Gasteiger partial charge in [0.15, 0.2) is 0 Å². The third-order valence-corrected chi connectivity index (χ3v) is 4.54. The Bertz CT molecular complexity index is 888. The molecule has 2 aromatic carbocycles. The van der Waals surface area contributed by atoms with Gasteiger partial charge in [0.25, 0.3) is 5.69 Å². The molecule has 0 radical (unpaired) electrons. The first-order valence-corrected chi connectivity index (χ1v) is 9.01. The molecule has 134 valence electrons. The van der Waals surface area contributed by atoms with Gasteiger partial charge >= 0.3 is 0 Å². The van der Waals surface area contributed by atoms with Crippen LogP contribution in [0.4, 0.5) is 11.4 Å². The summed E-state index contributed by atoms with van der Waals surface area (Å²) in [6.07, 6.45) is 0. The van der Waals surface area contributed by atoms with Crippen molar-refractivity contribution in [1.29, 1.82) is 0 Å². The third kappa shape index (κ3) is 5.05. The highest BCUT2D eigenvalue weighted by atomic mass is 35.5. The summed E-state index contributed by atoms with van der Waals surface area (Å²) in [6, 6.07) is 10.4. The number of hydrogen-bond acceptors (Lipinski definition) is 6. The van der Waals surface area contributed by atoms with Crippen LogP contribution < -0.4 is 14.8 Å². The van der Waals surface area contributed by atoms with Crippen molar-refractivity contribution < 1.29 is 18.1 Å². The van der Waals surface area contributed by atoms with E-state index in [4.69, 9.17) is 21.5 Å². The maximum Gasteiger partial charge on any atom is 0.270 e. The third-order valence-electron chi connectivity index (χ3n) is 3.36.